The van der Waals surface area contributed by atoms with E-state index in [0.29, 0.717) is 19.7 Å². The van der Waals surface area contributed by atoms with Crippen molar-refractivity contribution in [2.24, 2.45) is 0 Å². The number of imidazole rings is 1. The first-order chi connectivity index (χ1) is 13.3. The summed E-state index contributed by atoms with van der Waals surface area (Å²) in [5, 5.41) is 8.71. The number of benzene rings is 2. The van der Waals surface area contributed by atoms with Gasteiger partial charge in [-0.25, -0.2) is 14.2 Å². The maximum atomic E-state index is 12.9. The van der Waals surface area contributed by atoms with Gasteiger partial charge in [0.2, 0.25) is 0 Å². The molecule has 8 heteroatoms. The summed E-state index contributed by atoms with van der Waals surface area (Å²) < 4.78 is 8.04. The van der Waals surface area contributed by atoms with Crippen LogP contribution in [0.1, 0.15) is 16.7 Å². The predicted molar refractivity (Wildman–Crippen MR) is 112 cm³/mol. The smallest absolute Gasteiger partial charge is 0.341 e. The molecule has 4 rings (SSSR count). The van der Waals surface area contributed by atoms with Gasteiger partial charge in [0.05, 0.1) is 20.0 Å². The number of carbonyl (C=O) groups is 1. The van der Waals surface area contributed by atoms with Crippen molar-refractivity contribution in [1.29, 1.82) is 0 Å². The number of fused-ring (bicyclic) bond motifs is 3. The van der Waals surface area contributed by atoms with Gasteiger partial charge in [0.25, 0.3) is 5.56 Å². The summed E-state index contributed by atoms with van der Waals surface area (Å²) in [6.45, 7) is 3.63. The molecule has 0 saturated heterocycles. The number of hydrogen-bond donors (Lipinski definition) is 1. The van der Waals surface area contributed by atoms with Crippen molar-refractivity contribution in [3.8, 4) is 5.75 Å². The topological polar surface area (TPSA) is 80.9 Å². The number of aryl methyl sites for hydroxylation is 2. The summed E-state index contributed by atoms with van der Waals surface area (Å²) in [5.74, 6) is -0.613. The Morgan fingerprint density at radius 3 is 2.75 bits per heavy atom. The first-order valence-corrected chi connectivity index (χ1v) is 10.0. The molecule has 0 aliphatic carbocycles. The zero-order chi connectivity index (χ0) is 20.0. The van der Waals surface area contributed by atoms with E-state index in [1.54, 1.807) is 28.7 Å². The van der Waals surface area contributed by atoms with Crippen molar-refractivity contribution < 1.29 is 14.6 Å². The van der Waals surface area contributed by atoms with Crippen LogP contribution in [0.3, 0.4) is 0 Å². The fourth-order valence-electron chi connectivity index (χ4n) is 2.93. The Balaban J connectivity index is 1.79. The fraction of sp³-hybridized carbons (Fsp3) is 0.150. The molecule has 2 aromatic heterocycles. The molecule has 2 aromatic carbocycles. The van der Waals surface area contributed by atoms with Gasteiger partial charge in [-0.3, -0.25) is 4.79 Å². The van der Waals surface area contributed by atoms with Crippen LogP contribution >= 0.6 is 27.3 Å². The summed E-state index contributed by atoms with van der Waals surface area (Å²) in [6, 6.07) is 9.22. The SMILES string of the molecule is Cc1cc2nc3s/c(=C\c4ccc(OCC(=O)O)c(Br)c4)c(=O)n3c2cc1C. The van der Waals surface area contributed by atoms with Crippen LogP contribution < -0.4 is 14.8 Å². The second-order valence-corrected chi connectivity index (χ2v) is 8.31. The van der Waals surface area contributed by atoms with Gasteiger partial charge in [0.15, 0.2) is 11.6 Å². The van der Waals surface area contributed by atoms with Crippen LogP contribution in [0.5, 0.6) is 5.75 Å². The third kappa shape index (κ3) is 3.29. The molecule has 0 amide bonds. The lowest BCUT2D eigenvalue weighted by atomic mass is 10.1. The third-order valence-electron chi connectivity index (χ3n) is 4.46. The maximum absolute atomic E-state index is 12.9. The number of hydrogen-bond acceptors (Lipinski definition) is 5. The third-order valence-corrected chi connectivity index (χ3v) is 6.05. The number of carboxylic acid groups (broad SMARTS) is 1. The van der Waals surface area contributed by atoms with E-state index in [-0.39, 0.29) is 5.56 Å². The van der Waals surface area contributed by atoms with E-state index in [1.807, 2.05) is 26.0 Å². The first kappa shape index (κ1) is 18.6. The zero-order valence-electron chi connectivity index (χ0n) is 15.0. The van der Waals surface area contributed by atoms with Gasteiger partial charge >= 0.3 is 5.97 Å². The largest absolute Gasteiger partial charge is 0.481 e. The van der Waals surface area contributed by atoms with Crippen molar-refractivity contribution in [2.75, 3.05) is 6.61 Å². The molecule has 0 spiro atoms. The Labute approximate surface area is 171 Å². The molecule has 0 radical (unpaired) electrons. The molecule has 28 heavy (non-hydrogen) atoms. The standard InChI is InChI=1S/C20H15BrN2O4S/c1-10-5-14-15(6-11(10)2)23-19(26)17(28-20(23)22-14)8-12-3-4-16(13(21)7-12)27-9-18(24)25/h3-8H,9H2,1-2H3,(H,24,25)/b17-8-. The summed E-state index contributed by atoms with van der Waals surface area (Å²) in [5.41, 5.74) is 4.60. The quantitative estimate of drug-likeness (QED) is 0.507. The molecule has 4 aromatic rings. The lowest BCUT2D eigenvalue weighted by Crippen LogP contribution is -2.22. The average molecular weight is 459 g/mol. The first-order valence-electron chi connectivity index (χ1n) is 8.41. The highest BCUT2D eigenvalue weighted by molar-refractivity contribution is 9.10. The minimum Gasteiger partial charge on any atom is -0.481 e. The van der Waals surface area contributed by atoms with E-state index in [1.165, 1.54) is 11.3 Å². The average Bonchev–Trinajstić information content (AvgIpc) is 3.11. The van der Waals surface area contributed by atoms with E-state index in [2.05, 4.69) is 20.9 Å². The second-order valence-electron chi connectivity index (χ2n) is 6.44. The molecular weight excluding hydrogens is 444 g/mol. The molecule has 0 bridgehead atoms. The number of halogens is 1. The molecular formula is C20H15BrN2O4S. The second kappa shape index (κ2) is 7.03. The monoisotopic (exact) mass is 458 g/mol. The van der Waals surface area contributed by atoms with Crippen LogP contribution in [0.4, 0.5) is 0 Å². The van der Waals surface area contributed by atoms with Crippen LogP contribution in [0.25, 0.3) is 22.1 Å². The van der Waals surface area contributed by atoms with Crippen molar-refractivity contribution in [1.82, 2.24) is 9.38 Å². The van der Waals surface area contributed by atoms with Gasteiger partial charge in [-0.15, -0.1) is 0 Å². The Hall–Kier alpha value is -2.71. The Morgan fingerprint density at radius 1 is 1.29 bits per heavy atom. The van der Waals surface area contributed by atoms with Crippen LogP contribution in [-0.2, 0) is 4.79 Å². The van der Waals surface area contributed by atoms with E-state index >= 15 is 0 Å². The van der Waals surface area contributed by atoms with Gasteiger partial charge in [-0.05, 0) is 76.8 Å². The molecule has 0 aliphatic rings. The Morgan fingerprint density at radius 2 is 2.04 bits per heavy atom. The van der Waals surface area contributed by atoms with Crippen molar-refractivity contribution in [3.05, 3.63) is 66.4 Å². The van der Waals surface area contributed by atoms with Gasteiger partial charge in [0, 0.05) is 0 Å². The van der Waals surface area contributed by atoms with Gasteiger partial charge in [0.1, 0.15) is 5.75 Å². The lowest BCUT2D eigenvalue weighted by molar-refractivity contribution is -0.139. The number of aliphatic carboxylic acids is 1. The Bertz CT molecular complexity index is 1360. The molecule has 142 valence electrons. The van der Waals surface area contributed by atoms with E-state index in [9.17, 15) is 9.59 Å². The summed E-state index contributed by atoms with van der Waals surface area (Å²) in [6.07, 6.45) is 1.79. The van der Waals surface area contributed by atoms with Crippen molar-refractivity contribution in [3.63, 3.8) is 0 Å². The lowest BCUT2D eigenvalue weighted by Gasteiger charge is -2.06. The van der Waals surface area contributed by atoms with Crippen LogP contribution in [0, 0.1) is 13.8 Å². The van der Waals surface area contributed by atoms with Crippen molar-refractivity contribution in [2.45, 2.75) is 13.8 Å². The zero-order valence-corrected chi connectivity index (χ0v) is 17.4. The van der Waals surface area contributed by atoms with Crippen molar-refractivity contribution >= 4 is 55.3 Å². The summed E-state index contributed by atoms with van der Waals surface area (Å²) >= 11 is 4.71. The molecule has 6 nitrogen and oxygen atoms in total. The highest BCUT2D eigenvalue weighted by atomic mass is 79.9. The summed E-state index contributed by atoms with van der Waals surface area (Å²) in [4.78, 5) is 28.8. The molecule has 0 atom stereocenters. The van der Waals surface area contributed by atoms with Gasteiger partial charge in [-0.1, -0.05) is 17.4 Å². The van der Waals surface area contributed by atoms with Gasteiger partial charge < -0.3 is 9.84 Å². The molecule has 0 saturated carbocycles. The number of ether oxygens (including phenoxy) is 1. The van der Waals surface area contributed by atoms with Crippen LogP contribution in [0.2, 0.25) is 0 Å². The van der Waals surface area contributed by atoms with E-state index in [4.69, 9.17) is 9.84 Å². The maximum Gasteiger partial charge on any atom is 0.341 e. The van der Waals surface area contributed by atoms with E-state index in [0.717, 1.165) is 27.7 Å². The van der Waals surface area contributed by atoms with Crippen LogP contribution in [-0.4, -0.2) is 27.1 Å². The molecule has 2 heterocycles. The molecule has 0 aliphatic heterocycles. The Kier molecular flexibility index (Phi) is 4.68. The molecule has 0 unspecified atom stereocenters. The fourth-order valence-corrected chi connectivity index (χ4v) is 4.43. The number of carboxylic acids is 1. The van der Waals surface area contributed by atoms with Gasteiger partial charge in [-0.2, -0.15) is 0 Å². The minimum absolute atomic E-state index is 0.104. The highest BCUT2D eigenvalue weighted by Crippen LogP contribution is 2.26. The van der Waals surface area contributed by atoms with E-state index < -0.39 is 12.6 Å². The molecule has 1 N–H and O–H groups in total. The predicted octanol–water partition coefficient (Wildman–Crippen LogP) is 3.30. The number of thiazole rings is 1. The normalized spacial score (nSPS) is 12.2. The minimum atomic E-state index is -1.04. The summed E-state index contributed by atoms with van der Waals surface area (Å²) in [7, 11) is 0. The molecule has 0 fully saturated rings. The van der Waals surface area contributed by atoms with Crippen LogP contribution in [0.15, 0.2) is 39.6 Å². The number of rotatable bonds is 4. The number of aromatic nitrogens is 2. The highest BCUT2D eigenvalue weighted by Gasteiger charge is 2.12. The number of nitrogens with zero attached hydrogens (tertiary/aromatic N) is 2.